The molecule has 0 N–H and O–H groups in total. The summed E-state index contributed by atoms with van der Waals surface area (Å²) in [6.45, 7) is 5.38. The molecule has 9 heteroatoms. The second-order valence-electron chi connectivity index (χ2n) is 9.41. The Balaban J connectivity index is 1.41. The van der Waals surface area contributed by atoms with Crippen LogP contribution < -0.4 is 4.90 Å². The number of anilines is 1. The fourth-order valence-corrected chi connectivity index (χ4v) is 4.46. The van der Waals surface area contributed by atoms with Gasteiger partial charge in [0.25, 0.3) is 0 Å². The summed E-state index contributed by atoms with van der Waals surface area (Å²) in [4.78, 5) is 27.9. The first-order valence-electron chi connectivity index (χ1n) is 11.8. The standard InChI is InChI=1S/C27H26F2N6O/c1-16(2)20-7-5-6-8-21(20)24-30-14-19-13-22(36)35(25(19)31-24)15-17-9-11-18(12-10-17)23-32-26(27(3,28)29)34(4)33-23/h5-12,14,16H,13,15H2,1-4H3. The van der Waals surface area contributed by atoms with Gasteiger partial charge in [-0.15, -0.1) is 0 Å². The first-order chi connectivity index (χ1) is 17.1. The molecule has 0 fully saturated rings. The number of halogens is 2. The van der Waals surface area contributed by atoms with E-state index in [4.69, 9.17) is 4.98 Å². The van der Waals surface area contributed by atoms with Gasteiger partial charge in [0.15, 0.2) is 17.5 Å². The Morgan fingerprint density at radius 1 is 1.03 bits per heavy atom. The van der Waals surface area contributed by atoms with E-state index in [1.165, 1.54) is 7.05 Å². The summed E-state index contributed by atoms with van der Waals surface area (Å²) in [6.07, 6.45) is 2.00. The number of hydrogen-bond donors (Lipinski definition) is 0. The molecule has 4 aromatic rings. The fourth-order valence-electron chi connectivity index (χ4n) is 4.46. The van der Waals surface area contributed by atoms with Crippen LogP contribution >= 0.6 is 0 Å². The smallest absolute Gasteiger partial charge is 0.292 e. The van der Waals surface area contributed by atoms with Gasteiger partial charge in [0.05, 0.1) is 13.0 Å². The number of nitrogens with zero attached hydrogens (tertiary/aromatic N) is 6. The molecule has 0 spiro atoms. The number of fused-ring (bicyclic) bond motifs is 1. The van der Waals surface area contributed by atoms with Crippen LogP contribution in [0.1, 0.15) is 49.2 Å². The summed E-state index contributed by atoms with van der Waals surface area (Å²) in [5.74, 6) is -1.77. The largest absolute Gasteiger partial charge is 0.303 e. The molecule has 0 saturated heterocycles. The average Bonchev–Trinajstić information content (AvgIpc) is 3.39. The van der Waals surface area contributed by atoms with Gasteiger partial charge in [-0.05, 0) is 17.0 Å². The van der Waals surface area contributed by atoms with Crippen molar-refractivity contribution in [1.82, 2.24) is 24.7 Å². The predicted octanol–water partition coefficient (Wildman–Crippen LogP) is 5.26. The van der Waals surface area contributed by atoms with Gasteiger partial charge in [-0.25, -0.2) is 19.6 Å². The third-order valence-electron chi connectivity index (χ3n) is 6.27. The van der Waals surface area contributed by atoms with Crippen molar-refractivity contribution < 1.29 is 13.6 Å². The number of aryl methyl sites for hydroxylation is 1. The monoisotopic (exact) mass is 488 g/mol. The number of hydrogen-bond acceptors (Lipinski definition) is 5. The lowest BCUT2D eigenvalue weighted by Gasteiger charge is -2.18. The maximum Gasteiger partial charge on any atom is 0.303 e. The van der Waals surface area contributed by atoms with E-state index in [0.717, 1.165) is 33.9 Å². The molecule has 1 aliphatic rings. The van der Waals surface area contributed by atoms with E-state index in [1.807, 2.05) is 30.3 Å². The third-order valence-corrected chi connectivity index (χ3v) is 6.27. The van der Waals surface area contributed by atoms with Crippen molar-refractivity contribution in [3.05, 3.63) is 77.2 Å². The van der Waals surface area contributed by atoms with Crippen molar-refractivity contribution in [2.75, 3.05) is 4.90 Å². The normalized spacial score (nSPS) is 13.5. The number of carbonyl (C=O) groups is 1. The molecule has 184 valence electrons. The Bertz CT molecular complexity index is 1440. The van der Waals surface area contributed by atoms with Crippen LogP contribution in [0.4, 0.5) is 14.6 Å². The number of aromatic nitrogens is 5. The summed E-state index contributed by atoms with van der Waals surface area (Å²) in [5.41, 5.74) is 4.40. The number of benzene rings is 2. The minimum Gasteiger partial charge on any atom is -0.292 e. The molecular formula is C27H26F2N6O. The van der Waals surface area contributed by atoms with Gasteiger partial charge in [-0.2, -0.15) is 13.9 Å². The lowest BCUT2D eigenvalue weighted by molar-refractivity contribution is -0.117. The van der Waals surface area contributed by atoms with Gasteiger partial charge in [0.1, 0.15) is 5.82 Å². The van der Waals surface area contributed by atoms with Crippen molar-refractivity contribution >= 4 is 11.7 Å². The zero-order valence-corrected chi connectivity index (χ0v) is 20.5. The van der Waals surface area contributed by atoms with Crippen LogP contribution in [0.2, 0.25) is 0 Å². The molecular weight excluding hydrogens is 462 g/mol. The molecule has 2 aromatic heterocycles. The summed E-state index contributed by atoms with van der Waals surface area (Å²) in [7, 11) is 1.45. The van der Waals surface area contributed by atoms with E-state index < -0.39 is 11.7 Å². The number of rotatable bonds is 6. The van der Waals surface area contributed by atoms with Crippen LogP contribution in [0.3, 0.4) is 0 Å². The number of carbonyl (C=O) groups excluding carboxylic acids is 1. The molecule has 2 aromatic carbocycles. The second-order valence-corrected chi connectivity index (χ2v) is 9.41. The van der Waals surface area contributed by atoms with Crippen molar-refractivity contribution in [1.29, 1.82) is 0 Å². The van der Waals surface area contributed by atoms with Crippen LogP contribution in [0.25, 0.3) is 22.8 Å². The van der Waals surface area contributed by atoms with Gasteiger partial charge < -0.3 is 0 Å². The highest BCUT2D eigenvalue weighted by Gasteiger charge is 2.32. The van der Waals surface area contributed by atoms with Gasteiger partial charge in [0, 0.05) is 36.9 Å². The highest BCUT2D eigenvalue weighted by atomic mass is 19.3. The molecule has 0 radical (unpaired) electrons. The molecule has 0 aliphatic carbocycles. The van der Waals surface area contributed by atoms with Crippen LogP contribution in [0.15, 0.2) is 54.7 Å². The predicted molar refractivity (Wildman–Crippen MR) is 132 cm³/mol. The molecule has 3 heterocycles. The molecule has 0 bridgehead atoms. The summed E-state index contributed by atoms with van der Waals surface area (Å²) in [6, 6.07) is 15.3. The Labute approximate surface area is 207 Å². The van der Waals surface area contributed by atoms with Crippen LogP contribution in [0.5, 0.6) is 0 Å². The first-order valence-corrected chi connectivity index (χ1v) is 11.8. The molecule has 36 heavy (non-hydrogen) atoms. The van der Waals surface area contributed by atoms with Gasteiger partial charge in [-0.1, -0.05) is 62.4 Å². The van der Waals surface area contributed by atoms with Crippen LogP contribution in [-0.2, 0) is 30.7 Å². The maximum atomic E-state index is 13.7. The maximum absolute atomic E-state index is 13.7. The lowest BCUT2D eigenvalue weighted by atomic mass is 9.97. The zero-order valence-electron chi connectivity index (χ0n) is 20.5. The van der Waals surface area contributed by atoms with Gasteiger partial charge in [0.2, 0.25) is 5.91 Å². The molecule has 1 amide bonds. The Morgan fingerprint density at radius 3 is 2.42 bits per heavy atom. The topological polar surface area (TPSA) is 76.8 Å². The molecule has 1 aliphatic heterocycles. The van der Waals surface area contributed by atoms with E-state index in [0.29, 0.717) is 29.7 Å². The van der Waals surface area contributed by atoms with E-state index >= 15 is 0 Å². The summed E-state index contributed by atoms with van der Waals surface area (Å²) >= 11 is 0. The Kier molecular flexibility index (Phi) is 5.86. The van der Waals surface area contributed by atoms with Crippen LogP contribution in [0, 0.1) is 0 Å². The fraction of sp³-hybridized carbons (Fsp3) is 0.296. The molecule has 7 nitrogen and oxygen atoms in total. The van der Waals surface area contributed by atoms with Crippen molar-refractivity contribution in [2.45, 2.75) is 45.6 Å². The molecule has 0 atom stereocenters. The molecule has 0 saturated carbocycles. The highest BCUT2D eigenvalue weighted by Crippen LogP contribution is 2.33. The summed E-state index contributed by atoms with van der Waals surface area (Å²) in [5, 5.41) is 4.12. The third kappa shape index (κ3) is 4.36. The lowest BCUT2D eigenvalue weighted by Crippen LogP contribution is -2.26. The zero-order chi connectivity index (χ0) is 25.6. The average molecular weight is 489 g/mol. The minimum atomic E-state index is -3.08. The highest BCUT2D eigenvalue weighted by molar-refractivity contribution is 6.00. The SMILES string of the molecule is CC(C)c1ccccc1-c1ncc2c(n1)N(Cc1ccc(-c3nc(C(C)(F)F)n(C)n3)cc1)C(=O)C2. The van der Waals surface area contributed by atoms with E-state index in [2.05, 4.69) is 35.0 Å². The minimum absolute atomic E-state index is 0.0427. The van der Waals surface area contributed by atoms with Crippen molar-refractivity contribution in [3.63, 3.8) is 0 Å². The van der Waals surface area contributed by atoms with Gasteiger partial charge in [-0.3, -0.25) is 9.69 Å². The number of alkyl halides is 2. The quantitative estimate of drug-likeness (QED) is 0.370. The molecule has 5 rings (SSSR count). The van der Waals surface area contributed by atoms with Crippen molar-refractivity contribution in [3.8, 4) is 22.8 Å². The Morgan fingerprint density at radius 2 is 1.75 bits per heavy atom. The van der Waals surface area contributed by atoms with E-state index in [-0.39, 0.29) is 18.2 Å². The number of amides is 1. The van der Waals surface area contributed by atoms with E-state index in [9.17, 15) is 13.6 Å². The first kappa shape index (κ1) is 23.7. The molecule has 0 unspecified atom stereocenters. The van der Waals surface area contributed by atoms with Crippen molar-refractivity contribution in [2.24, 2.45) is 7.05 Å². The summed E-state index contributed by atoms with van der Waals surface area (Å²) < 4.78 is 28.5. The van der Waals surface area contributed by atoms with E-state index in [1.54, 1.807) is 23.2 Å². The van der Waals surface area contributed by atoms with Gasteiger partial charge >= 0.3 is 5.92 Å². The Hall–Kier alpha value is -4.01. The second kappa shape index (κ2) is 8.89. The van der Waals surface area contributed by atoms with Crippen LogP contribution in [-0.4, -0.2) is 30.6 Å².